The molecule has 16 nitrogen and oxygen atoms in total. The summed E-state index contributed by atoms with van der Waals surface area (Å²) in [5.74, 6) is -1.49. The topological polar surface area (TPSA) is 239 Å². The number of ether oxygens (including phenoxy) is 1. The van der Waals surface area contributed by atoms with Crippen molar-refractivity contribution in [2.24, 2.45) is 0 Å². The number of nitrogen functional groups attached to an aromatic ring is 1. The minimum atomic E-state index is -5.05. The molecule has 0 radical (unpaired) electrons. The second-order valence-corrected chi connectivity index (χ2v) is 12.2. The van der Waals surface area contributed by atoms with Crippen LogP contribution in [-0.2, 0) is 31.8 Å². The first-order valence-electron chi connectivity index (χ1n) is 8.15. The molecule has 19 heteroatoms. The van der Waals surface area contributed by atoms with Gasteiger partial charge in [-0.1, -0.05) is 0 Å². The predicted molar refractivity (Wildman–Crippen MR) is 95.9 cm³/mol. The maximum absolute atomic E-state index is 12.6. The molecule has 2 aromatic heterocycles. The molecule has 0 amide bonds. The molecule has 2 saturated heterocycles. The van der Waals surface area contributed by atoms with Gasteiger partial charge < -0.3 is 30.3 Å². The lowest BCUT2D eigenvalue weighted by Gasteiger charge is -2.31. The number of nitrogens with two attached hydrogens (primary N) is 1. The van der Waals surface area contributed by atoms with Crippen LogP contribution in [0.2, 0.25) is 0 Å². The van der Waals surface area contributed by atoms with E-state index in [0.717, 1.165) is 0 Å². The fraction of sp³-hybridized carbons (Fsp3) is 0.545. The van der Waals surface area contributed by atoms with Gasteiger partial charge in [0.1, 0.15) is 30.2 Å². The molecule has 2 aliphatic rings. The molecule has 0 saturated carbocycles. The van der Waals surface area contributed by atoms with Crippen molar-refractivity contribution in [3.63, 3.8) is 0 Å². The average Bonchev–Trinajstić information content (AvgIpc) is 3.14. The molecule has 0 aliphatic carbocycles. The fourth-order valence-corrected chi connectivity index (χ4v) is 8.15. The minimum Gasteiger partial charge on any atom is -0.386 e. The van der Waals surface area contributed by atoms with Crippen LogP contribution < -0.4 is 5.73 Å². The van der Waals surface area contributed by atoms with E-state index >= 15 is 0 Å². The van der Waals surface area contributed by atoms with Gasteiger partial charge in [0.05, 0.1) is 12.9 Å². The Hall–Kier alpha value is -1.28. The number of phosphoric acid groups is 1. The number of aromatic nitrogens is 4. The van der Waals surface area contributed by atoms with E-state index in [2.05, 4.69) is 19.3 Å². The summed E-state index contributed by atoms with van der Waals surface area (Å²) in [6, 6.07) is 0. The summed E-state index contributed by atoms with van der Waals surface area (Å²) in [5, 5.41) is 10.6. The Morgan fingerprint density at radius 1 is 1.30 bits per heavy atom. The van der Waals surface area contributed by atoms with Gasteiger partial charge in [-0.15, -0.1) is 0 Å². The summed E-state index contributed by atoms with van der Waals surface area (Å²) >= 11 is 0. The Kier molecular flexibility index (Phi) is 5.41. The summed E-state index contributed by atoms with van der Waals surface area (Å²) in [6.07, 6.45) is -2.38. The van der Waals surface area contributed by atoms with Crippen molar-refractivity contribution in [3.8, 4) is 0 Å². The molecular weight excluding hydrogens is 471 g/mol. The summed E-state index contributed by atoms with van der Waals surface area (Å²) in [4.78, 5) is 39.2. The lowest BCUT2D eigenvalue weighted by Crippen LogP contribution is -2.39. The summed E-state index contributed by atoms with van der Waals surface area (Å²) < 4.78 is 56.8. The maximum Gasteiger partial charge on any atom is 0.482 e. The molecule has 4 heterocycles. The average molecular weight is 487 g/mol. The van der Waals surface area contributed by atoms with E-state index in [0.29, 0.717) is 0 Å². The summed E-state index contributed by atoms with van der Waals surface area (Å²) in [7, 11) is -14.8. The van der Waals surface area contributed by atoms with Gasteiger partial charge in [0.2, 0.25) is 0 Å². The van der Waals surface area contributed by atoms with E-state index in [1.807, 2.05) is 0 Å². The number of nitrogens with zero attached hydrogens (tertiary/aromatic N) is 4. The minimum absolute atomic E-state index is 0.102. The molecule has 2 unspecified atom stereocenters. The lowest BCUT2D eigenvalue weighted by atomic mass is 10.1. The number of hydrogen-bond donors (Lipinski definition) is 5. The third-order valence-electron chi connectivity index (χ3n) is 4.21. The van der Waals surface area contributed by atoms with Crippen molar-refractivity contribution in [2.75, 3.05) is 18.2 Å². The first kappa shape index (κ1) is 21.9. The van der Waals surface area contributed by atoms with E-state index in [1.165, 1.54) is 17.2 Å². The summed E-state index contributed by atoms with van der Waals surface area (Å²) in [6.45, 7) is -0.463. The fourth-order valence-electron chi connectivity index (χ4n) is 3.07. The highest BCUT2D eigenvalue weighted by Crippen LogP contribution is 2.69. The van der Waals surface area contributed by atoms with E-state index in [4.69, 9.17) is 29.3 Å². The second kappa shape index (κ2) is 7.40. The highest BCUT2D eigenvalue weighted by molar-refractivity contribution is 7.73. The van der Waals surface area contributed by atoms with Crippen LogP contribution in [0.1, 0.15) is 6.23 Å². The van der Waals surface area contributed by atoms with Crippen molar-refractivity contribution >= 4 is 40.0 Å². The van der Waals surface area contributed by atoms with Gasteiger partial charge in [-0.25, -0.2) is 23.8 Å². The maximum atomic E-state index is 12.6. The molecule has 6 atom stereocenters. The molecule has 30 heavy (non-hydrogen) atoms. The van der Waals surface area contributed by atoms with Crippen molar-refractivity contribution in [1.29, 1.82) is 0 Å². The molecule has 2 aliphatic heterocycles. The highest BCUT2D eigenvalue weighted by atomic mass is 31.3. The molecule has 0 spiro atoms. The van der Waals surface area contributed by atoms with E-state index in [1.54, 1.807) is 0 Å². The Balaban J connectivity index is 1.55. The van der Waals surface area contributed by atoms with Gasteiger partial charge in [0, 0.05) is 0 Å². The lowest BCUT2D eigenvalue weighted by molar-refractivity contribution is -0.0655. The standard InChI is InChI=1S/C11H16N5O11P3/c12-9-6-10(14-2-13-9)16(3-15-6)11-7(17)8-5(25-11)1-24-30(23,26-8)27-29(21,22)4-28(18,19)20/h2-3,5,7-8,11,17H,1,4H2,(H,21,22)(H2,12,13,14)(H2,18,19,20)/t5-,7-,8-,11-,30?/m1/s1. The number of aliphatic hydroxyl groups is 1. The van der Waals surface area contributed by atoms with Gasteiger partial charge in [0.25, 0.3) is 0 Å². The van der Waals surface area contributed by atoms with E-state index in [-0.39, 0.29) is 17.0 Å². The quantitative estimate of drug-likeness (QED) is 0.335. The molecule has 2 fully saturated rings. The smallest absolute Gasteiger partial charge is 0.386 e. The van der Waals surface area contributed by atoms with Crippen LogP contribution in [-0.4, -0.2) is 70.1 Å². The van der Waals surface area contributed by atoms with Gasteiger partial charge in [-0.05, 0) is 0 Å². The third-order valence-corrected chi connectivity index (χ3v) is 9.90. The van der Waals surface area contributed by atoms with E-state index in [9.17, 15) is 23.7 Å². The van der Waals surface area contributed by atoms with Crippen LogP contribution in [0.15, 0.2) is 12.7 Å². The molecule has 0 aromatic carbocycles. The Morgan fingerprint density at radius 2 is 2.03 bits per heavy atom. The largest absolute Gasteiger partial charge is 0.482 e. The van der Waals surface area contributed by atoms with Crippen LogP contribution in [0.3, 0.4) is 0 Å². The monoisotopic (exact) mass is 487 g/mol. The number of anilines is 1. The zero-order chi connectivity index (χ0) is 21.9. The van der Waals surface area contributed by atoms with Gasteiger partial charge >= 0.3 is 23.0 Å². The molecular formula is C11H16N5O11P3. The van der Waals surface area contributed by atoms with Crippen LogP contribution in [0.25, 0.3) is 11.2 Å². The third kappa shape index (κ3) is 4.22. The number of fused-ring (bicyclic) bond motifs is 2. The van der Waals surface area contributed by atoms with Crippen LogP contribution in [0.5, 0.6) is 0 Å². The zero-order valence-corrected chi connectivity index (χ0v) is 17.4. The van der Waals surface area contributed by atoms with Crippen LogP contribution >= 0.6 is 23.0 Å². The number of rotatable bonds is 5. The number of hydrogen-bond acceptors (Lipinski definition) is 12. The van der Waals surface area contributed by atoms with Gasteiger partial charge in [-0.3, -0.25) is 22.7 Å². The normalized spacial score (nSPS) is 34.0. The molecule has 2 aromatic rings. The highest BCUT2D eigenvalue weighted by Gasteiger charge is 2.55. The molecule has 0 bridgehead atoms. The first-order valence-corrected chi connectivity index (χ1v) is 13.2. The van der Waals surface area contributed by atoms with Crippen LogP contribution in [0.4, 0.5) is 5.82 Å². The molecule has 4 rings (SSSR count). The first-order chi connectivity index (χ1) is 13.9. The summed E-state index contributed by atoms with van der Waals surface area (Å²) in [5.41, 5.74) is 6.22. The van der Waals surface area contributed by atoms with Gasteiger partial charge in [0.15, 0.2) is 23.6 Å². The molecule has 6 N–H and O–H groups in total. The zero-order valence-electron chi connectivity index (χ0n) is 14.7. The second-order valence-electron chi connectivity index (χ2n) is 6.48. The number of phosphoric ester groups is 1. The van der Waals surface area contributed by atoms with Crippen molar-refractivity contribution < 1.29 is 51.6 Å². The Bertz CT molecular complexity index is 1120. The van der Waals surface area contributed by atoms with Crippen molar-refractivity contribution in [2.45, 2.75) is 24.5 Å². The predicted octanol–water partition coefficient (Wildman–Crippen LogP) is -0.473. The SMILES string of the molecule is Nc1ncnc2c1ncn2[C@@H]1O[C@@H]2COP(=O)(OP(=O)(O)CP(=O)(O)O)O[C@H]2[C@H]1O. The van der Waals surface area contributed by atoms with E-state index < -0.39 is 60.1 Å². The Labute approximate surface area is 167 Å². The van der Waals surface area contributed by atoms with Crippen LogP contribution in [0, 0.1) is 0 Å². The van der Waals surface area contributed by atoms with Crippen molar-refractivity contribution in [3.05, 3.63) is 12.7 Å². The van der Waals surface area contributed by atoms with Gasteiger partial charge in [-0.2, -0.15) is 0 Å². The van der Waals surface area contributed by atoms with Crippen molar-refractivity contribution in [1.82, 2.24) is 19.5 Å². The molecule has 166 valence electrons. The number of imidazole rings is 1. The number of aliphatic hydroxyl groups excluding tert-OH is 1. The Morgan fingerprint density at radius 3 is 2.73 bits per heavy atom.